The molecule has 0 aromatic heterocycles. The SMILES string of the molecule is O=C(O)c1ccc2c(c1)C(CNC1CC3(CCOCC3)C1)CCC2. The number of hydrogen-bond acceptors (Lipinski definition) is 3. The van der Waals surface area contributed by atoms with Gasteiger partial charge in [-0.3, -0.25) is 0 Å². The first kappa shape index (κ1) is 16.1. The highest BCUT2D eigenvalue weighted by Gasteiger charge is 2.44. The highest BCUT2D eigenvalue weighted by Crippen LogP contribution is 2.48. The number of benzene rings is 1. The second kappa shape index (κ2) is 6.49. The first-order valence-corrected chi connectivity index (χ1v) is 9.32. The third kappa shape index (κ3) is 3.09. The lowest BCUT2D eigenvalue weighted by molar-refractivity contribution is -0.0453. The molecule has 4 heteroatoms. The summed E-state index contributed by atoms with van der Waals surface area (Å²) in [6.07, 6.45) is 8.46. The zero-order valence-corrected chi connectivity index (χ0v) is 14.2. The monoisotopic (exact) mass is 329 g/mol. The largest absolute Gasteiger partial charge is 0.478 e. The molecular formula is C20H27NO3. The van der Waals surface area contributed by atoms with Crippen molar-refractivity contribution in [1.29, 1.82) is 0 Å². The standard InChI is InChI=1S/C20H27NO3/c22-19(23)15-5-4-14-2-1-3-16(18(14)10-15)13-21-17-11-20(12-17)6-8-24-9-7-20/h4-5,10,16-17,21H,1-3,6-9,11-13H2,(H,22,23). The van der Waals surface area contributed by atoms with Gasteiger partial charge in [0, 0.05) is 25.8 Å². The van der Waals surface area contributed by atoms with Crippen LogP contribution < -0.4 is 5.32 Å². The van der Waals surface area contributed by atoms with Crippen LogP contribution in [0.25, 0.3) is 0 Å². The number of aromatic carboxylic acids is 1. The molecule has 2 aliphatic carbocycles. The maximum atomic E-state index is 11.3. The van der Waals surface area contributed by atoms with Gasteiger partial charge in [-0.05, 0) is 79.5 Å². The smallest absolute Gasteiger partial charge is 0.335 e. The maximum absolute atomic E-state index is 11.3. The van der Waals surface area contributed by atoms with E-state index in [0.717, 1.165) is 32.6 Å². The van der Waals surface area contributed by atoms with Crippen molar-refractivity contribution in [2.75, 3.05) is 19.8 Å². The molecule has 0 radical (unpaired) electrons. The van der Waals surface area contributed by atoms with Crippen LogP contribution in [-0.4, -0.2) is 36.9 Å². The van der Waals surface area contributed by atoms with Crippen LogP contribution in [-0.2, 0) is 11.2 Å². The summed E-state index contributed by atoms with van der Waals surface area (Å²) in [5.74, 6) is -0.366. The zero-order valence-electron chi connectivity index (χ0n) is 14.2. The van der Waals surface area contributed by atoms with Crippen molar-refractivity contribution in [3.63, 3.8) is 0 Å². The highest BCUT2D eigenvalue weighted by atomic mass is 16.5. The summed E-state index contributed by atoms with van der Waals surface area (Å²) < 4.78 is 5.49. The van der Waals surface area contributed by atoms with Gasteiger partial charge in [-0.1, -0.05) is 6.07 Å². The van der Waals surface area contributed by atoms with Gasteiger partial charge in [0.2, 0.25) is 0 Å². The normalized spacial score (nSPS) is 25.9. The van der Waals surface area contributed by atoms with Gasteiger partial charge in [0.1, 0.15) is 0 Å². The summed E-state index contributed by atoms with van der Waals surface area (Å²) in [5, 5.41) is 13.0. The average molecular weight is 329 g/mol. The molecule has 2 fully saturated rings. The molecule has 1 aromatic rings. The van der Waals surface area contributed by atoms with Crippen LogP contribution in [0.2, 0.25) is 0 Å². The second-order valence-electron chi connectivity index (χ2n) is 7.93. The van der Waals surface area contributed by atoms with Crippen LogP contribution in [0.5, 0.6) is 0 Å². The Morgan fingerprint density at radius 2 is 2.08 bits per heavy atom. The van der Waals surface area contributed by atoms with Crippen LogP contribution in [0.3, 0.4) is 0 Å². The van der Waals surface area contributed by atoms with Gasteiger partial charge in [0.05, 0.1) is 5.56 Å². The zero-order chi connectivity index (χ0) is 16.6. The number of nitrogens with one attached hydrogen (secondary N) is 1. The molecule has 0 bridgehead atoms. The molecule has 2 N–H and O–H groups in total. The number of fused-ring (bicyclic) bond motifs is 1. The fourth-order valence-electron chi connectivity index (χ4n) is 4.89. The predicted octanol–water partition coefficient (Wildman–Crippen LogP) is 3.35. The minimum Gasteiger partial charge on any atom is -0.478 e. The Hall–Kier alpha value is -1.39. The lowest BCUT2D eigenvalue weighted by Gasteiger charge is -2.50. The number of aryl methyl sites for hydroxylation is 1. The van der Waals surface area contributed by atoms with E-state index >= 15 is 0 Å². The van der Waals surface area contributed by atoms with Crippen molar-refractivity contribution in [1.82, 2.24) is 5.32 Å². The molecular weight excluding hydrogens is 302 g/mol. The number of carbonyl (C=O) groups is 1. The lowest BCUT2D eigenvalue weighted by atomic mass is 9.61. The van der Waals surface area contributed by atoms with Crippen molar-refractivity contribution in [3.05, 3.63) is 34.9 Å². The predicted molar refractivity (Wildman–Crippen MR) is 92.6 cm³/mol. The molecule has 1 atom stereocenters. The van der Waals surface area contributed by atoms with Crippen LogP contribution >= 0.6 is 0 Å². The Balaban J connectivity index is 1.37. The third-order valence-corrected chi connectivity index (χ3v) is 6.40. The van der Waals surface area contributed by atoms with E-state index < -0.39 is 5.97 Å². The number of rotatable bonds is 4. The molecule has 4 nitrogen and oxygen atoms in total. The van der Waals surface area contributed by atoms with Crippen LogP contribution in [0, 0.1) is 5.41 Å². The van der Waals surface area contributed by atoms with E-state index in [4.69, 9.17) is 4.74 Å². The Kier molecular flexibility index (Phi) is 4.35. The summed E-state index contributed by atoms with van der Waals surface area (Å²) >= 11 is 0. The molecule has 1 aromatic carbocycles. The van der Waals surface area contributed by atoms with E-state index in [-0.39, 0.29) is 0 Å². The maximum Gasteiger partial charge on any atom is 0.335 e. The van der Waals surface area contributed by atoms with Gasteiger partial charge >= 0.3 is 5.97 Å². The Labute approximate surface area is 143 Å². The van der Waals surface area contributed by atoms with Gasteiger partial charge < -0.3 is 15.2 Å². The van der Waals surface area contributed by atoms with E-state index in [1.807, 2.05) is 12.1 Å². The van der Waals surface area contributed by atoms with Crippen molar-refractivity contribution < 1.29 is 14.6 Å². The molecule has 130 valence electrons. The van der Waals surface area contributed by atoms with Crippen molar-refractivity contribution >= 4 is 5.97 Å². The van der Waals surface area contributed by atoms with Gasteiger partial charge in [-0.15, -0.1) is 0 Å². The molecule has 3 aliphatic rings. The minimum atomic E-state index is -0.824. The molecule has 1 unspecified atom stereocenters. The molecule has 1 spiro atoms. The summed E-state index contributed by atoms with van der Waals surface area (Å²) in [5.41, 5.74) is 3.57. The van der Waals surface area contributed by atoms with E-state index in [9.17, 15) is 9.90 Å². The first-order chi connectivity index (χ1) is 11.7. The van der Waals surface area contributed by atoms with Gasteiger partial charge in [-0.2, -0.15) is 0 Å². The van der Waals surface area contributed by atoms with E-state index in [1.54, 1.807) is 6.07 Å². The first-order valence-electron chi connectivity index (χ1n) is 9.32. The topological polar surface area (TPSA) is 58.6 Å². The lowest BCUT2D eigenvalue weighted by Crippen LogP contribution is -2.52. The molecule has 1 aliphatic heterocycles. The third-order valence-electron chi connectivity index (χ3n) is 6.40. The summed E-state index contributed by atoms with van der Waals surface area (Å²) in [4.78, 5) is 11.3. The van der Waals surface area contributed by atoms with Crippen molar-refractivity contribution in [3.8, 4) is 0 Å². The van der Waals surface area contributed by atoms with Crippen LogP contribution in [0.15, 0.2) is 18.2 Å². The fourth-order valence-corrected chi connectivity index (χ4v) is 4.89. The highest BCUT2D eigenvalue weighted by molar-refractivity contribution is 5.88. The number of hydrogen-bond donors (Lipinski definition) is 2. The molecule has 1 heterocycles. The van der Waals surface area contributed by atoms with E-state index in [1.165, 1.54) is 43.2 Å². The van der Waals surface area contributed by atoms with Crippen molar-refractivity contribution in [2.45, 2.75) is 56.9 Å². The number of carboxylic acid groups (broad SMARTS) is 1. The second-order valence-corrected chi connectivity index (χ2v) is 7.93. The average Bonchev–Trinajstić information content (AvgIpc) is 2.58. The van der Waals surface area contributed by atoms with Gasteiger partial charge in [0.15, 0.2) is 0 Å². The summed E-state index contributed by atoms with van der Waals surface area (Å²) in [6.45, 7) is 2.84. The quantitative estimate of drug-likeness (QED) is 0.889. The molecule has 24 heavy (non-hydrogen) atoms. The minimum absolute atomic E-state index is 0.422. The molecule has 0 amide bonds. The van der Waals surface area contributed by atoms with Crippen molar-refractivity contribution in [2.24, 2.45) is 5.41 Å². The Morgan fingerprint density at radius 3 is 2.83 bits per heavy atom. The summed E-state index contributed by atoms with van der Waals surface area (Å²) in [7, 11) is 0. The van der Waals surface area contributed by atoms with Crippen LogP contribution in [0.1, 0.15) is 65.9 Å². The fraction of sp³-hybridized carbons (Fsp3) is 0.650. The molecule has 4 rings (SSSR count). The number of carboxylic acids is 1. The van der Waals surface area contributed by atoms with Crippen LogP contribution in [0.4, 0.5) is 0 Å². The molecule has 1 saturated carbocycles. The van der Waals surface area contributed by atoms with Gasteiger partial charge in [0.25, 0.3) is 0 Å². The van der Waals surface area contributed by atoms with E-state index in [2.05, 4.69) is 5.32 Å². The Bertz CT molecular complexity index is 613. The van der Waals surface area contributed by atoms with Gasteiger partial charge in [-0.25, -0.2) is 4.79 Å². The molecule has 1 saturated heterocycles. The summed E-state index contributed by atoms with van der Waals surface area (Å²) in [6, 6.07) is 6.31. The number of ether oxygens (including phenoxy) is 1. The van der Waals surface area contributed by atoms with E-state index in [0.29, 0.717) is 22.9 Å². The Morgan fingerprint density at radius 1 is 1.29 bits per heavy atom.